The second-order valence-electron chi connectivity index (χ2n) is 5.26. The Kier molecular flexibility index (Phi) is 5.55. The quantitative estimate of drug-likeness (QED) is 0.646. The van der Waals surface area contributed by atoms with E-state index in [1.165, 1.54) is 12.6 Å². The number of hydrogen-bond donors (Lipinski definition) is 2. The van der Waals surface area contributed by atoms with Crippen LogP contribution in [-0.4, -0.2) is 39.0 Å². The lowest BCUT2D eigenvalue weighted by atomic mass is 10.2. The summed E-state index contributed by atoms with van der Waals surface area (Å²) in [7, 11) is 0. The molecule has 7 heteroatoms. The number of H-pyrrole nitrogens is 1. The Hall–Kier alpha value is -1.63. The summed E-state index contributed by atoms with van der Waals surface area (Å²) in [6.45, 7) is 4.43. The van der Waals surface area contributed by atoms with E-state index in [1.807, 2.05) is 5.01 Å². The van der Waals surface area contributed by atoms with Crippen molar-refractivity contribution in [3.63, 3.8) is 0 Å². The van der Waals surface area contributed by atoms with Gasteiger partial charge in [0.15, 0.2) is 4.77 Å². The minimum absolute atomic E-state index is 0.0991. The number of hydrazone groups is 1. The molecule has 0 radical (unpaired) electrons. The van der Waals surface area contributed by atoms with Gasteiger partial charge in [0.05, 0.1) is 6.21 Å². The molecule has 116 valence electrons. The van der Waals surface area contributed by atoms with Gasteiger partial charge in [-0.2, -0.15) is 5.10 Å². The molecule has 0 spiro atoms. The van der Waals surface area contributed by atoms with Gasteiger partial charge in [-0.25, -0.2) is 0 Å². The Morgan fingerprint density at radius 1 is 1.38 bits per heavy atom. The van der Waals surface area contributed by atoms with Crippen molar-refractivity contribution in [3.8, 4) is 5.88 Å². The number of aromatic amines is 1. The van der Waals surface area contributed by atoms with Gasteiger partial charge in [0.1, 0.15) is 5.56 Å². The standard InChI is InChI=1S/C14H22N4O2S/c1-2-3-9-18-13(20)11(12(19)16-14(18)21)10-15-17-7-5-4-6-8-17/h10,20H,2-9H2,1H3,(H,16,19,21)/b15-10+. The summed E-state index contributed by atoms with van der Waals surface area (Å²) < 4.78 is 1.80. The van der Waals surface area contributed by atoms with Crippen molar-refractivity contribution in [2.45, 2.75) is 45.6 Å². The van der Waals surface area contributed by atoms with E-state index >= 15 is 0 Å². The largest absolute Gasteiger partial charge is 0.494 e. The Morgan fingerprint density at radius 3 is 2.76 bits per heavy atom. The number of nitrogens with zero attached hydrogens (tertiary/aromatic N) is 3. The van der Waals surface area contributed by atoms with E-state index in [2.05, 4.69) is 17.0 Å². The molecule has 2 rings (SSSR count). The number of rotatable bonds is 5. The monoisotopic (exact) mass is 310 g/mol. The SMILES string of the molecule is CCCCn1c(O)c(/C=N/N2CCCCC2)c(=O)[nH]c1=S. The fourth-order valence-corrected chi connectivity index (χ4v) is 2.62. The normalized spacial score (nSPS) is 15.8. The molecular formula is C14H22N4O2S. The highest BCUT2D eigenvalue weighted by molar-refractivity contribution is 7.71. The van der Waals surface area contributed by atoms with Crippen LogP contribution in [0.25, 0.3) is 0 Å². The van der Waals surface area contributed by atoms with Crippen LogP contribution in [0, 0.1) is 4.77 Å². The van der Waals surface area contributed by atoms with Crippen LogP contribution < -0.4 is 5.56 Å². The molecule has 2 heterocycles. The predicted molar refractivity (Wildman–Crippen MR) is 85.5 cm³/mol. The maximum atomic E-state index is 12.0. The molecule has 1 aromatic rings. The first-order valence-electron chi connectivity index (χ1n) is 7.48. The molecule has 0 unspecified atom stereocenters. The lowest BCUT2D eigenvalue weighted by Gasteiger charge is -2.23. The molecule has 21 heavy (non-hydrogen) atoms. The van der Waals surface area contributed by atoms with Gasteiger partial charge >= 0.3 is 0 Å². The number of unbranched alkanes of at least 4 members (excludes halogenated alkanes) is 1. The highest BCUT2D eigenvalue weighted by atomic mass is 32.1. The van der Waals surface area contributed by atoms with Crippen LogP contribution in [0.5, 0.6) is 5.88 Å². The number of nitrogens with one attached hydrogen (secondary N) is 1. The predicted octanol–water partition coefficient (Wildman–Crippen LogP) is 2.23. The summed E-state index contributed by atoms with van der Waals surface area (Å²) in [4.78, 5) is 14.6. The average molecular weight is 310 g/mol. The lowest BCUT2D eigenvalue weighted by molar-refractivity contribution is 0.240. The van der Waals surface area contributed by atoms with Crippen molar-refractivity contribution in [2.75, 3.05) is 13.1 Å². The van der Waals surface area contributed by atoms with Crippen LogP contribution in [0.4, 0.5) is 0 Å². The Morgan fingerprint density at radius 2 is 2.10 bits per heavy atom. The van der Waals surface area contributed by atoms with Crippen LogP contribution >= 0.6 is 12.2 Å². The second-order valence-corrected chi connectivity index (χ2v) is 5.65. The number of aromatic nitrogens is 2. The van der Waals surface area contributed by atoms with Crippen molar-refractivity contribution in [2.24, 2.45) is 5.10 Å². The molecule has 0 amide bonds. The van der Waals surface area contributed by atoms with Crippen LogP contribution in [0.1, 0.15) is 44.6 Å². The molecular weight excluding hydrogens is 288 g/mol. The number of aromatic hydroxyl groups is 1. The van der Waals surface area contributed by atoms with E-state index in [-0.39, 0.29) is 16.2 Å². The van der Waals surface area contributed by atoms with E-state index < -0.39 is 5.56 Å². The molecule has 0 aromatic carbocycles. The van der Waals surface area contributed by atoms with Gasteiger partial charge in [-0.15, -0.1) is 0 Å². The zero-order valence-corrected chi connectivity index (χ0v) is 13.2. The summed E-state index contributed by atoms with van der Waals surface area (Å²) in [6.07, 6.45) is 6.76. The Balaban J connectivity index is 2.27. The maximum Gasteiger partial charge on any atom is 0.264 e. The molecule has 1 saturated heterocycles. The fraction of sp³-hybridized carbons (Fsp3) is 0.643. The summed E-state index contributed by atoms with van der Waals surface area (Å²) >= 11 is 5.10. The zero-order valence-electron chi connectivity index (χ0n) is 12.3. The van der Waals surface area contributed by atoms with Gasteiger partial charge in [0.2, 0.25) is 5.88 Å². The molecule has 6 nitrogen and oxygen atoms in total. The van der Waals surface area contributed by atoms with Crippen molar-refractivity contribution in [3.05, 3.63) is 20.7 Å². The third-order valence-electron chi connectivity index (χ3n) is 3.62. The van der Waals surface area contributed by atoms with Crippen LogP contribution in [-0.2, 0) is 6.54 Å². The van der Waals surface area contributed by atoms with Crippen LogP contribution in [0.2, 0.25) is 0 Å². The summed E-state index contributed by atoms with van der Waals surface area (Å²) in [5.74, 6) is -0.0991. The molecule has 1 aliphatic heterocycles. The zero-order chi connectivity index (χ0) is 15.2. The minimum atomic E-state index is -0.397. The summed E-state index contributed by atoms with van der Waals surface area (Å²) in [5.41, 5.74) is -0.226. The average Bonchev–Trinajstić information content (AvgIpc) is 2.47. The first-order valence-corrected chi connectivity index (χ1v) is 7.89. The van der Waals surface area contributed by atoms with Gasteiger partial charge in [-0.3, -0.25) is 19.4 Å². The van der Waals surface area contributed by atoms with Crippen LogP contribution in [0.3, 0.4) is 0 Å². The smallest absolute Gasteiger partial charge is 0.264 e. The molecule has 1 fully saturated rings. The first-order chi connectivity index (χ1) is 10.1. The van der Waals surface area contributed by atoms with Crippen LogP contribution in [0.15, 0.2) is 9.90 Å². The first kappa shape index (κ1) is 15.8. The highest BCUT2D eigenvalue weighted by Crippen LogP contribution is 2.14. The lowest BCUT2D eigenvalue weighted by Crippen LogP contribution is -2.25. The third-order valence-corrected chi connectivity index (χ3v) is 3.95. The van der Waals surface area contributed by atoms with E-state index in [0.29, 0.717) is 6.54 Å². The molecule has 0 aliphatic carbocycles. The maximum absolute atomic E-state index is 12.0. The number of piperidine rings is 1. The highest BCUT2D eigenvalue weighted by Gasteiger charge is 2.12. The summed E-state index contributed by atoms with van der Waals surface area (Å²) in [5, 5.41) is 16.5. The summed E-state index contributed by atoms with van der Waals surface area (Å²) in [6, 6.07) is 0. The van der Waals surface area contributed by atoms with Crippen molar-refractivity contribution >= 4 is 18.4 Å². The van der Waals surface area contributed by atoms with E-state index in [9.17, 15) is 9.90 Å². The Bertz CT molecular complexity index is 614. The van der Waals surface area contributed by atoms with E-state index in [1.54, 1.807) is 4.57 Å². The molecule has 0 atom stereocenters. The topological polar surface area (TPSA) is 73.6 Å². The van der Waals surface area contributed by atoms with Crippen molar-refractivity contribution in [1.82, 2.24) is 14.6 Å². The third kappa shape index (κ3) is 3.93. The van der Waals surface area contributed by atoms with Gasteiger partial charge in [0.25, 0.3) is 5.56 Å². The van der Waals surface area contributed by atoms with E-state index in [4.69, 9.17) is 12.2 Å². The van der Waals surface area contributed by atoms with Gasteiger partial charge in [-0.05, 0) is 37.9 Å². The molecule has 0 saturated carbocycles. The molecule has 1 aliphatic rings. The van der Waals surface area contributed by atoms with E-state index in [0.717, 1.165) is 38.8 Å². The number of hydrogen-bond acceptors (Lipinski definition) is 5. The Labute approximate surface area is 129 Å². The molecule has 0 bridgehead atoms. The van der Waals surface area contributed by atoms with Gasteiger partial charge in [-0.1, -0.05) is 13.3 Å². The fourth-order valence-electron chi connectivity index (χ4n) is 2.35. The molecule has 1 aromatic heterocycles. The molecule has 2 N–H and O–H groups in total. The van der Waals surface area contributed by atoms with Gasteiger partial charge in [0, 0.05) is 19.6 Å². The second kappa shape index (κ2) is 7.40. The van der Waals surface area contributed by atoms with Crippen molar-refractivity contribution < 1.29 is 5.11 Å². The van der Waals surface area contributed by atoms with Crippen molar-refractivity contribution in [1.29, 1.82) is 0 Å². The van der Waals surface area contributed by atoms with Gasteiger partial charge < -0.3 is 5.11 Å². The minimum Gasteiger partial charge on any atom is -0.494 e.